The van der Waals surface area contributed by atoms with E-state index < -0.39 is 17.7 Å². The lowest BCUT2D eigenvalue weighted by Gasteiger charge is -2.26. The highest BCUT2D eigenvalue weighted by molar-refractivity contribution is 6.46. The summed E-state index contributed by atoms with van der Waals surface area (Å²) in [4.78, 5) is 30.1. The molecule has 0 saturated carbocycles. The smallest absolute Gasteiger partial charge is 0.295 e. The van der Waals surface area contributed by atoms with Crippen LogP contribution in [0.5, 0.6) is 5.75 Å². The zero-order chi connectivity index (χ0) is 25.9. The number of carbonyl (C=O) groups is 2. The summed E-state index contributed by atoms with van der Waals surface area (Å²) in [6.45, 7) is 8.55. The fourth-order valence-corrected chi connectivity index (χ4v) is 4.67. The molecule has 2 aromatic carbocycles. The number of likely N-dealkylation sites (tertiary alicyclic amines) is 1. The highest BCUT2D eigenvalue weighted by atomic mass is 16.5. The van der Waals surface area contributed by atoms with Crippen molar-refractivity contribution < 1.29 is 19.4 Å². The van der Waals surface area contributed by atoms with Gasteiger partial charge in [0.1, 0.15) is 11.5 Å². The van der Waals surface area contributed by atoms with Gasteiger partial charge in [-0.3, -0.25) is 9.59 Å². The Morgan fingerprint density at radius 3 is 2.31 bits per heavy atom. The zero-order valence-corrected chi connectivity index (χ0v) is 22.0. The van der Waals surface area contributed by atoms with E-state index >= 15 is 0 Å². The predicted octanol–water partition coefficient (Wildman–Crippen LogP) is 5.80. The molecule has 1 fully saturated rings. The summed E-state index contributed by atoms with van der Waals surface area (Å²) < 4.78 is 5.55. The Labute approximate surface area is 209 Å². The monoisotopic (exact) mass is 478 g/mol. The van der Waals surface area contributed by atoms with Gasteiger partial charge in [0.25, 0.3) is 11.7 Å². The first-order valence-electron chi connectivity index (χ1n) is 12.4. The number of rotatable bonds is 9. The van der Waals surface area contributed by atoms with Crippen molar-refractivity contribution in [1.82, 2.24) is 4.90 Å². The summed E-state index contributed by atoms with van der Waals surface area (Å²) in [6, 6.07) is 10.9. The van der Waals surface area contributed by atoms with Crippen LogP contribution in [0.4, 0.5) is 5.69 Å². The van der Waals surface area contributed by atoms with Crippen molar-refractivity contribution in [1.29, 1.82) is 0 Å². The summed E-state index contributed by atoms with van der Waals surface area (Å²) in [5, 5.41) is 11.6. The molecule has 1 aliphatic rings. The fraction of sp³-hybridized carbons (Fsp3) is 0.448. The number of anilines is 1. The van der Waals surface area contributed by atoms with Gasteiger partial charge in [-0.15, -0.1) is 0 Å². The lowest BCUT2D eigenvalue weighted by Crippen LogP contribution is -2.30. The number of ether oxygens (including phenoxy) is 1. The second-order valence-electron chi connectivity index (χ2n) is 9.75. The van der Waals surface area contributed by atoms with Crippen molar-refractivity contribution in [3.63, 3.8) is 0 Å². The number of amides is 1. The maximum Gasteiger partial charge on any atom is 0.295 e. The molecule has 2 aromatic rings. The molecular weight excluding hydrogens is 440 g/mol. The SMILES string of the molecule is CCCCCN1C(=O)C(=O)/C(=C(/O)c2cc(C(C)C)c(OC)cc2C)C1c1ccc(N(C)C)cc1. The first-order chi connectivity index (χ1) is 16.6. The van der Waals surface area contributed by atoms with Crippen molar-refractivity contribution in [2.75, 3.05) is 32.6 Å². The Kier molecular flexibility index (Phi) is 8.26. The van der Waals surface area contributed by atoms with E-state index in [9.17, 15) is 14.7 Å². The minimum Gasteiger partial charge on any atom is -0.507 e. The molecule has 35 heavy (non-hydrogen) atoms. The van der Waals surface area contributed by atoms with Crippen LogP contribution in [-0.2, 0) is 9.59 Å². The van der Waals surface area contributed by atoms with Gasteiger partial charge >= 0.3 is 0 Å². The summed E-state index contributed by atoms with van der Waals surface area (Å²) in [6.07, 6.45) is 2.77. The first-order valence-corrected chi connectivity index (χ1v) is 12.4. The van der Waals surface area contributed by atoms with Crippen LogP contribution in [0.2, 0.25) is 0 Å². The Hall–Kier alpha value is -3.28. The van der Waals surface area contributed by atoms with Crippen molar-refractivity contribution >= 4 is 23.1 Å². The summed E-state index contributed by atoms with van der Waals surface area (Å²) in [5.41, 5.74) is 4.24. The number of hydrogen-bond donors (Lipinski definition) is 1. The number of carbonyl (C=O) groups excluding carboxylic acids is 2. The highest BCUT2D eigenvalue weighted by Crippen LogP contribution is 2.41. The molecule has 6 heteroatoms. The van der Waals surface area contributed by atoms with Crippen LogP contribution in [0.3, 0.4) is 0 Å². The number of benzene rings is 2. The minimum atomic E-state index is -0.637. The average Bonchev–Trinajstić information content (AvgIpc) is 3.08. The van der Waals surface area contributed by atoms with Gasteiger partial charge in [-0.25, -0.2) is 0 Å². The quantitative estimate of drug-likeness (QED) is 0.213. The molecule has 1 saturated heterocycles. The van der Waals surface area contributed by atoms with Crippen LogP contribution < -0.4 is 9.64 Å². The molecule has 0 spiro atoms. The highest BCUT2D eigenvalue weighted by Gasteiger charge is 2.46. The normalized spacial score (nSPS) is 17.4. The molecule has 1 aliphatic heterocycles. The van der Waals surface area contributed by atoms with Crippen molar-refractivity contribution in [2.45, 2.75) is 58.9 Å². The maximum atomic E-state index is 13.3. The van der Waals surface area contributed by atoms with Gasteiger partial charge in [0.15, 0.2) is 0 Å². The van der Waals surface area contributed by atoms with Crippen molar-refractivity contribution in [3.8, 4) is 5.75 Å². The van der Waals surface area contributed by atoms with Crippen LogP contribution in [0.1, 0.15) is 74.2 Å². The number of aryl methyl sites for hydroxylation is 1. The van der Waals surface area contributed by atoms with Crippen molar-refractivity contribution in [2.24, 2.45) is 0 Å². The molecule has 6 nitrogen and oxygen atoms in total. The van der Waals surface area contributed by atoms with E-state index in [0.29, 0.717) is 12.1 Å². The zero-order valence-electron chi connectivity index (χ0n) is 22.0. The fourth-order valence-electron chi connectivity index (χ4n) is 4.67. The molecule has 3 rings (SSSR count). The first kappa shape index (κ1) is 26.3. The summed E-state index contributed by atoms with van der Waals surface area (Å²) in [5.74, 6) is -0.431. The van der Waals surface area contributed by atoms with Crippen LogP contribution in [0, 0.1) is 6.92 Å². The van der Waals surface area contributed by atoms with Gasteiger partial charge in [-0.2, -0.15) is 0 Å². The van der Waals surface area contributed by atoms with Gasteiger partial charge in [-0.1, -0.05) is 45.7 Å². The molecule has 188 valence electrons. The van der Waals surface area contributed by atoms with Gasteiger partial charge in [-0.05, 0) is 60.2 Å². The predicted molar refractivity (Wildman–Crippen MR) is 141 cm³/mol. The third kappa shape index (κ3) is 5.21. The standard InChI is InChI=1S/C29H38N2O4/c1-8-9-10-15-31-26(20-11-13-21(14-12-20)30(5)6)25(28(33)29(31)34)27(32)23-17-22(18(2)3)24(35-7)16-19(23)4/h11-14,16-18,26,32H,8-10,15H2,1-7H3/b27-25+. The minimum absolute atomic E-state index is 0.134. The van der Waals surface area contributed by atoms with Crippen LogP contribution in [0.15, 0.2) is 42.0 Å². The van der Waals surface area contributed by atoms with E-state index in [1.54, 1.807) is 12.0 Å². The Morgan fingerprint density at radius 1 is 1.11 bits per heavy atom. The van der Waals surface area contributed by atoms with Gasteiger partial charge in [0, 0.05) is 31.9 Å². The molecule has 1 N–H and O–H groups in total. The summed E-state index contributed by atoms with van der Waals surface area (Å²) in [7, 11) is 5.55. The number of hydrogen-bond acceptors (Lipinski definition) is 5. The Balaban J connectivity index is 2.20. The number of ketones is 1. The number of Topliss-reactive ketones (excluding diaryl/α,β-unsaturated/α-hetero) is 1. The largest absolute Gasteiger partial charge is 0.507 e. The van der Waals surface area contributed by atoms with Gasteiger partial charge in [0.2, 0.25) is 0 Å². The van der Waals surface area contributed by atoms with Crippen LogP contribution in [0.25, 0.3) is 5.76 Å². The molecule has 0 radical (unpaired) electrons. The number of methoxy groups -OCH3 is 1. The topological polar surface area (TPSA) is 70.1 Å². The summed E-state index contributed by atoms with van der Waals surface area (Å²) >= 11 is 0. The van der Waals surface area contributed by atoms with E-state index in [1.165, 1.54) is 0 Å². The molecule has 0 aliphatic carbocycles. The average molecular weight is 479 g/mol. The van der Waals surface area contributed by atoms with E-state index in [1.807, 2.05) is 62.3 Å². The Morgan fingerprint density at radius 2 is 1.77 bits per heavy atom. The van der Waals surface area contributed by atoms with Gasteiger partial charge < -0.3 is 19.6 Å². The lowest BCUT2D eigenvalue weighted by molar-refractivity contribution is -0.139. The van der Waals surface area contributed by atoms with Gasteiger partial charge in [0.05, 0.1) is 18.7 Å². The molecule has 1 amide bonds. The number of aliphatic hydroxyl groups excluding tert-OH is 1. The molecular formula is C29H38N2O4. The number of unbranched alkanes of at least 4 members (excludes halogenated alkanes) is 2. The molecule has 1 heterocycles. The number of nitrogens with zero attached hydrogens (tertiary/aromatic N) is 2. The number of aliphatic hydroxyl groups is 1. The van der Waals surface area contributed by atoms with E-state index in [-0.39, 0.29) is 17.3 Å². The second-order valence-corrected chi connectivity index (χ2v) is 9.75. The molecule has 1 unspecified atom stereocenters. The van der Waals surface area contributed by atoms with Crippen molar-refractivity contribution in [3.05, 3.63) is 64.2 Å². The van der Waals surface area contributed by atoms with E-state index in [4.69, 9.17) is 4.74 Å². The third-order valence-corrected chi connectivity index (χ3v) is 6.72. The van der Waals surface area contributed by atoms with E-state index in [2.05, 4.69) is 20.8 Å². The molecule has 0 bridgehead atoms. The Bertz CT molecular complexity index is 1120. The third-order valence-electron chi connectivity index (χ3n) is 6.72. The second kappa shape index (κ2) is 11.0. The lowest BCUT2D eigenvalue weighted by atomic mass is 9.91. The van der Waals surface area contributed by atoms with E-state index in [0.717, 1.165) is 47.4 Å². The van der Waals surface area contributed by atoms with Crippen LogP contribution in [-0.4, -0.2) is 49.4 Å². The maximum absolute atomic E-state index is 13.3. The molecule has 1 atom stereocenters. The molecule has 0 aromatic heterocycles. The van der Waals surface area contributed by atoms with Crippen LogP contribution >= 0.6 is 0 Å².